The van der Waals surface area contributed by atoms with Gasteiger partial charge in [-0.15, -0.1) is 0 Å². The van der Waals surface area contributed by atoms with Crippen LogP contribution in [0.15, 0.2) is 41.2 Å². The molecule has 190 valence electrons. The molecule has 2 N–H and O–H groups in total. The quantitative estimate of drug-likeness (QED) is 0.386. The Morgan fingerprint density at radius 2 is 1.89 bits per heavy atom. The lowest BCUT2D eigenvalue weighted by Gasteiger charge is -2.26. The third kappa shape index (κ3) is 5.60. The molecule has 36 heavy (non-hydrogen) atoms. The summed E-state index contributed by atoms with van der Waals surface area (Å²) in [5.41, 5.74) is 2.60. The van der Waals surface area contributed by atoms with Gasteiger partial charge in [0.2, 0.25) is 0 Å². The van der Waals surface area contributed by atoms with Crippen LogP contribution < -0.4 is 5.56 Å². The van der Waals surface area contributed by atoms with E-state index in [2.05, 4.69) is 27.7 Å². The number of nitrogens with zero attached hydrogens (tertiary/aromatic N) is 3. The number of benzene rings is 2. The lowest BCUT2D eigenvalue weighted by atomic mass is 10.0. The summed E-state index contributed by atoms with van der Waals surface area (Å²) in [6, 6.07) is 10.5. The van der Waals surface area contributed by atoms with E-state index in [0.29, 0.717) is 34.6 Å². The molecule has 7 nitrogen and oxygen atoms in total. The van der Waals surface area contributed by atoms with Gasteiger partial charge < -0.3 is 10.1 Å². The molecule has 1 aliphatic heterocycles. The highest BCUT2D eigenvalue weighted by atomic mass is 32.1. The van der Waals surface area contributed by atoms with Gasteiger partial charge in [0.05, 0.1) is 5.52 Å². The van der Waals surface area contributed by atoms with Gasteiger partial charge in [0.1, 0.15) is 17.0 Å². The molecule has 1 amide bonds. The number of aromatic nitrogens is 2. The number of fused-ring (bicyclic) bond motifs is 1. The molecule has 0 radical (unpaired) electrons. The normalized spacial score (nSPS) is 17.0. The molecular weight excluding hydrogens is 472 g/mol. The Labute approximate surface area is 217 Å². The van der Waals surface area contributed by atoms with Crippen molar-refractivity contribution in [1.29, 1.82) is 0 Å². The molecule has 3 aromatic rings. The molecule has 1 aliphatic carbocycles. The second kappa shape index (κ2) is 11.0. The maximum atomic E-state index is 13.0. The van der Waals surface area contributed by atoms with Crippen molar-refractivity contribution in [1.82, 2.24) is 19.2 Å². The van der Waals surface area contributed by atoms with E-state index in [1.165, 1.54) is 49.3 Å². The summed E-state index contributed by atoms with van der Waals surface area (Å²) in [5.74, 6) is 0.519. The van der Waals surface area contributed by atoms with Gasteiger partial charge in [-0.05, 0) is 68.1 Å². The number of phenols is 1. The summed E-state index contributed by atoms with van der Waals surface area (Å²) in [4.78, 5) is 35.7. The number of carbonyl (C=O) groups excluding carboxylic acids is 1. The van der Waals surface area contributed by atoms with Crippen LogP contribution in [0.4, 0.5) is 0 Å². The predicted molar refractivity (Wildman–Crippen MR) is 145 cm³/mol. The Balaban J connectivity index is 1.37. The van der Waals surface area contributed by atoms with Crippen LogP contribution in [0.5, 0.6) is 5.75 Å². The van der Waals surface area contributed by atoms with Crippen molar-refractivity contribution in [2.75, 3.05) is 19.6 Å². The number of aromatic hydroxyl groups is 1. The largest absolute Gasteiger partial charge is 0.506 e. The molecule has 2 fully saturated rings. The Hall–Kier alpha value is -2.84. The number of hydrogen-bond donors (Lipinski definition) is 3. The first-order valence-electron chi connectivity index (χ1n) is 13.1. The SMILES string of the molecule is O=C(c1cccc(-c2nc3c(O)cc(CN4CCCCC4)cc3[nH]c2=O)c1)N(S)CCC1CCCC1. The Kier molecular flexibility index (Phi) is 7.62. The number of amides is 1. The maximum absolute atomic E-state index is 13.0. The van der Waals surface area contributed by atoms with Gasteiger partial charge in [0.25, 0.3) is 11.5 Å². The fourth-order valence-corrected chi connectivity index (χ4v) is 5.78. The first-order chi connectivity index (χ1) is 17.5. The van der Waals surface area contributed by atoms with Gasteiger partial charge in [0.15, 0.2) is 0 Å². The van der Waals surface area contributed by atoms with Crippen molar-refractivity contribution in [2.45, 2.75) is 57.9 Å². The van der Waals surface area contributed by atoms with Crippen LogP contribution in [-0.4, -0.2) is 49.8 Å². The Bertz CT molecular complexity index is 1300. The number of rotatable bonds is 7. The number of likely N-dealkylation sites (tertiary alicyclic amines) is 1. The lowest BCUT2D eigenvalue weighted by Crippen LogP contribution is -2.29. The molecule has 0 bridgehead atoms. The molecule has 0 unspecified atom stereocenters. The zero-order valence-electron chi connectivity index (χ0n) is 20.6. The standard InChI is InChI=1S/C28H34N4O3S/c33-24-16-20(18-31-12-4-1-5-13-31)15-23-26(24)30-25(27(34)29-23)21-9-6-10-22(17-21)28(35)32(36)14-11-19-7-2-3-8-19/h6,9-10,15-17,19,33,36H,1-5,7-8,11-14,18H2,(H,29,34). The molecule has 8 heteroatoms. The second-order valence-electron chi connectivity index (χ2n) is 10.2. The smallest absolute Gasteiger partial charge is 0.274 e. The lowest BCUT2D eigenvalue weighted by molar-refractivity contribution is 0.0869. The number of phenolic OH excluding ortho intramolecular Hbond substituents is 1. The summed E-state index contributed by atoms with van der Waals surface area (Å²) in [6.45, 7) is 3.43. The van der Waals surface area contributed by atoms with Gasteiger partial charge in [-0.3, -0.25) is 18.8 Å². The van der Waals surface area contributed by atoms with Crippen LogP contribution in [0.3, 0.4) is 0 Å². The number of hydrogen-bond acceptors (Lipinski definition) is 6. The van der Waals surface area contributed by atoms with Crippen molar-refractivity contribution in [3.8, 4) is 17.0 Å². The molecule has 2 heterocycles. The molecule has 2 aromatic carbocycles. The molecule has 0 atom stereocenters. The van der Waals surface area contributed by atoms with Gasteiger partial charge in [0, 0.05) is 24.2 Å². The molecule has 1 saturated heterocycles. The average molecular weight is 507 g/mol. The van der Waals surface area contributed by atoms with Crippen molar-refractivity contribution in [3.05, 3.63) is 57.9 Å². The summed E-state index contributed by atoms with van der Waals surface area (Å²) in [5, 5.41) is 10.7. The summed E-state index contributed by atoms with van der Waals surface area (Å²) >= 11 is 4.43. The number of nitrogens with one attached hydrogen (secondary N) is 1. The highest BCUT2D eigenvalue weighted by Gasteiger charge is 2.20. The van der Waals surface area contributed by atoms with Gasteiger partial charge in [-0.2, -0.15) is 0 Å². The molecule has 2 aliphatic rings. The third-order valence-electron chi connectivity index (χ3n) is 7.53. The summed E-state index contributed by atoms with van der Waals surface area (Å²) in [6.07, 6.45) is 9.61. The third-order valence-corrected chi connectivity index (χ3v) is 7.91. The van der Waals surface area contributed by atoms with Crippen LogP contribution in [0.25, 0.3) is 22.3 Å². The van der Waals surface area contributed by atoms with Gasteiger partial charge in [-0.1, -0.05) is 57.1 Å². The highest BCUT2D eigenvalue weighted by Crippen LogP contribution is 2.29. The maximum Gasteiger partial charge on any atom is 0.274 e. The average Bonchev–Trinajstić information content (AvgIpc) is 3.41. The van der Waals surface area contributed by atoms with Gasteiger partial charge >= 0.3 is 0 Å². The van der Waals surface area contributed by atoms with Crippen LogP contribution in [0, 0.1) is 5.92 Å². The highest BCUT2D eigenvalue weighted by molar-refractivity contribution is 7.78. The molecular formula is C28H34N4O3S. The first-order valence-corrected chi connectivity index (χ1v) is 13.5. The Morgan fingerprint density at radius 3 is 2.67 bits per heavy atom. The van der Waals surface area contributed by atoms with Crippen molar-refractivity contribution >= 4 is 29.8 Å². The van der Waals surface area contributed by atoms with Crippen molar-refractivity contribution in [2.24, 2.45) is 5.92 Å². The minimum absolute atomic E-state index is 0.0395. The van der Waals surface area contributed by atoms with E-state index >= 15 is 0 Å². The van der Waals surface area contributed by atoms with Crippen LogP contribution in [0.2, 0.25) is 0 Å². The van der Waals surface area contributed by atoms with E-state index in [9.17, 15) is 14.7 Å². The molecule has 5 rings (SSSR count). The van der Waals surface area contributed by atoms with Crippen LogP contribution in [-0.2, 0) is 6.54 Å². The molecule has 0 spiro atoms. The topological polar surface area (TPSA) is 89.5 Å². The number of piperidine rings is 1. The fourth-order valence-electron chi connectivity index (χ4n) is 5.55. The van der Waals surface area contributed by atoms with E-state index in [1.807, 2.05) is 6.07 Å². The summed E-state index contributed by atoms with van der Waals surface area (Å²) in [7, 11) is 0. The van der Waals surface area contributed by atoms with Crippen LogP contribution >= 0.6 is 12.8 Å². The second-order valence-corrected chi connectivity index (χ2v) is 10.7. The van der Waals surface area contributed by atoms with Crippen molar-refractivity contribution < 1.29 is 9.90 Å². The number of carbonyl (C=O) groups is 1. The van der Waals surface area contributed by atoms with Crippen molar-refractivity contribution in [3.63, 3.8) is 0 Å². The number of thiol groups is 1. The zero-order valence-corrected chi connectivity index (χ0v) is 21.5. The van der Waals surface area contributed by atoms with E-state index in [-0.39, 0.29) is 22.9 Å². The number of H-pyrrole nitrogens is 1. The fraction of sp³-hybridized carbons (Fsp3) is 0.464. The van der Waals surface area contributed by atoms with E-state index < -0.39 is 0 Å². The molecule has 1 aromatic heterocycles. The number of aromatic amines is 1. The monoisotopic (exact) mass is 506 g/mol. The molecule has 1 saturated carbocycles. The van der Waals surface area contributed by atoms with Crippen LogP contribution in [0.1, 0.15) is 67.3 Å². The minimum atomic E-state index is -0.356. The minimum Gasteiger partial charge on any atom is -0.506 e. The van der Waals surface area contributed by atoms with E-state index in [4.69, 9.17) is 0 Å². The first kappa shape index (κ1) is 24.8. The van der Waals surface area contributed by atoms with E-state index in [1.54, 1.807) is 30.3 Å². The summed E-state index contributed by atoms with van der Waals surface area (Å²) < 4.78 is 1.46. The zero-order chi connectivity index (χ0) is 25.1. The van der Waals surface area contributed by atoms with E-state index in [0.717, 1.165) is 31.6 Å². The predicted octanol–water partition coefficient (Wildman–Crippen LogP) is 5.15. The Morgan fingerprint density at radius 1 is 1.11 bits per heavy atom. The van der Waals surface area contributed by atoms with Gasteiger partial charge in [-0.25, -0.2) is 4.98 Å².